The first-order valence-electron chi connectivity index (χ1n) is 7.98. The number of carbonyl (C=O) groups is 2. The van der Waals surface area contributed by atoms with Crippen LogP contribution in [0.5, 0.6) is 5.75 Å². The molecule has 0 bridgehead atoms. The lowest BCUT2D eigenvalue weighted by atomic mass is 10.1. The number of morpholine rings is 1. The zero-order valence-corrected chi connectivity index (χ0v) is 12.9. The summed E-state index contributed by atoms with van der Waals surface area (Å²) in [6.07, 6.45) is 1.83. The lowest BCUT2D eigenvalue weighted by molar-refractivity contribution is -0.141. The third-order valence-corrected chi connectivity index (χ3v) is 4.12. The van der Waals surface area contributed by atoms with Crippen molar-refractivity contribution in [3.05, 3.63) is 29.8 Å². The zero-order chi connectivity index (χ0) is 16.2. The first-order valence-corrected chi connectivity index (χ1v) is 7.98. The lowest BCUT2D eigenvalue weighted by Crippen LogP contribution is -2.46. The van der Waals surface area contributed by atoms with Gasteiger partial charge in [0.15, 0.2) is 0 Å². The molecule has 1 aromatic carbocycles. The molecule has 1 aliphatic heterocycles. The van der Waals surface area contributed by atoms with Crippen molar-refractivity contribution >= 4 is 11.9 Å². The third-order valence-electron chi connectivity index (χ3n) is 4.12. The maximum absolute atomic E-state index is 12.8. The maximum atomic E-state index is 12.8. The molecule has 124 valence electrons. The van der Waals surface area contributed by atoms with Crippen molar-refractivity contribution < 1.29 is 24.2 Å². The molecule has 6 heteroatoms. The largest absolute Gasteiger partial charge is 0.492 e. The second-order valence-electron chi connectivity index (χ2n) is 6.09. The van der Waals surface area contributed by atoms with Gasteiger partial charge >= 0.3 is 5.97 Å². The first-order chi connectivity index (χ1) is 11.1. The summed E-state index contributed by atoms with van der Waals surface area (Å²) < 4.78 is 11.2. The molecule has 1 N–H and O–H groups in total. The summed E-state index contributed by atoms with van der Waals surface area (Å²) in [5.41, 5.74) is 0.532. The van der Waals surface area contributed by atoms with Crippen molar-refractivity contribution in [3.8, 4) is 5.75 Å². The van der Waals surface area contributed by atoms with Crippen LogP contribution in [0.15, 0.2) is 24.3 Å². The molecule has 1 saturated heterocycles. The predicted molar refractivity (Wildman–Crippen MR) is 82.6 cm³/mol. The van der Waals surface area contributed by atoms with E-state index < -0.39 is 12.1 Å². The Labute approximate surface area is 135 Å². The van der Waals surface area contributed by atoms with Gasteiger partial charge in [0.05, 0.1) is 31.3 Å². The van der Waals surface area contributed by atoms with Gasteiger partial charge in [-0.1, -0.05) is 12.1 Å². The number of carboxylic acids is 1. The molecule has 2 fully saturated rings. The molecule has 3 rings (SSSR count). The standard InChI is InChI=1S/C17H21NO5/c19-16(20)9-13-10-18(7-8-22-13)17(21)14-3-1-2-4-15(14)23-11-12-5-6-12/h1-4,12-13H,5-11H2,(H,19,20)/t13-/m0/s1. The fourth-order valence-electron chi connectivity index (χ4n) is 2.65. The van der Waals surface area contributed by atoms with Crippen molar-refractivity contribution in [3.63, 3.8) is 0 Å². The van der Waals surface area contributed by atoms with Gasteiger partial charge in [-0.3, -0.25) is 9.59 Å². The summed E-state index contributed by atoms with van der Waals surface area (Å²) in [5, 5.41) is 8.88. The molecular weight excluding hydrogens is 298 g/mol. The van der Waals surface area contributed by atoms with Gasteiger partial charge in [-0.25, -0.2) is 0 Å². The minimum absolute atomic E-state index is 0.0936. The summed E-state index contributed by atoms with van der Waals surface area (Å²) in [5.74, 6) is 0.166. The Morgan fingerprint density at radius 1 is 1.30 bits per heavy atom. The molecular formula is C17H21NO5. The van der Waals surface area contributed by atoms with E-state index in [-0.39, 0.29) is 12.3 Å². The highest BCUT2D eigenvalue weighted by Gasteiger charge is 2.28. The van der Waals surface area contributed by atoms with Crippen molar-refractivity contribution in [1.82, 2.24) is 4.90 Å². The summed E-state index contributed by atoms with van der Waals surface area (Å²) >= 11 is 0. The van der Waals surface area contributed by atoms with E-state index in [0.717, 1.165) is 0 Å². The minimum Gasteiger partial charge on any atom is -0.492 e. The Hall–Kier alpha value is -2.08. The normalized spacial score (nSPS) is 21.0. The highest BCUT2D eigenvalue weighted by Crippen LogP contribution is 2.30. The van der Waals surface area contributed by atoms with Crippen LogP contribution in [0.25, 0.3) is 0 Å². The van der Waals surface area contributed by atoms with Gasteiger partial charge in [-0.2, -0.15) is 0 Å². The lowest BCUT2D eigenvalue weighted by Gasteiger charge is -2.32. The Kier molecular flexibility index (Phi) is 4.81. The average molecular weight is 319 g/mol. The van der Waals surface area contributed by atoms with Crippen molar-refractivity contribution in [1.29, 1.82) is 0 Å². The number of amides is 1. The molecule has 1 atom stereocenters. The topological polar surface area (TPSA) is 76.1 Å². The van der Waals surface area contributed by atoms with E-state index >= 15 is 0 Å². The number of benzene rings is 1. The Balaban J connectivity index is 1.67. The smallest absolute Gasteiger partial charge is 0.306 e. The number of para-hydroxylation sites is 1. The van der Waals surface area contributed by atoms with Crippen molar-refractivity contribution in [2.75, 3.05) is 26.3 Å². The molecule has 0 unspecified atom stereocenters. The second-order valence-corrected chi connectivity index (χ2v) is 6.09. The van der Waals surface area contributed by atoms with E-state index in [4.69, 9.17) is 14.6 Å². The zero-order valence-electron chi connectivity index (χ0n) is 12.9. The Bertz CT molecular complexity index is 584. The molecule has 1 heterocycles. The molecule has 1 amide bonds. The van der Waals surface area contributed by atoms with Gasteiger partial charge in [0.25, 0.3) is 5.91 Å². The van der Waals surface area contributed by atoms with Crippen LogP contribution in [0, 0.1) is 5.92 Å². The van der Waals surface area contributed by atoms with Crippen LogP contribution >= 0.6 is 0 Å². The molecule has 1 aromatic rings. The quantitative estimate of drug-likeness (QED) is 0.865. The van der Waals surface area contributed by atoms with Crippen LogP contribution in [0.2, 0.25) is 0 Å². The highest BCUT2D eigenvalue weighted by molar-refractivity contribution is 5.97. The minimum atomic E-state index is -0.919. The average Bonchev–Trinajstić information content (AvgIpc) is 3.36. The summed E-state index contributed by atoms with van der Waals surface area (Å²) in [4.78, 5) is 25.2. The van der Waals surface area contributed by atoms with Crippen LogP contribution < -0.4 is 4.74 Å². The highest BCUT2D eigenvalue weighted by atomic mass is 16.5. The van der Waals surface area contributed by atoms with Crippen LogP contribution in [0.1, 0.15) is 29.6 Å². The third kappa shape index (κ3) is 4.22. The van der Waals surface area contributed by atoms with Gasteiger partial charge in [0.2, 0.25) is 0 Å². The number of nitrogens with zero attached hydrogens (tertiary/aromatic N) is 1. The molecule has 0 radical (unpaired) electrons. The van der Waals surface area contributed by atoms with Gasteiger partial charge in [-0.15, -0.1) is 0 Å². The number of rotatable bonds is 6. The molecule has 2 aliphatic rings. The number of carboxylic acid groups (broad SMARTS) is 1. The first kappa shape index (κ1) is 15.8. The number of aliphatic carboxylic acids is 1. The van der Waals surface area contributed by atoms with E-state index in [2.05, 4.69) is 0 Å². The van der Waals surface area contributed by atoms with E-state index in [1.54, 1.807) is 11.0 Å². The van der Waals surface area contributed by atoms with Gasteiger partial charge < -0.3 is 19.5 Å². The molecule has 0 aromatic heterocycles. The SMILES string of the molecule is O=C(O)C[C@H]1CN(C(=O)c2ccccc2OCC2CC2)CCO1. The number of carbonyl (C=O) groups excluding carboxylic acids is 1. The molecule has 23 heavy (non-hydrogen) atoms. The van der Waals surface area contributed by atoms with Gasteiger partial charge in [-0.05, 0) is 30.9 Å². The summed E-state index contributed by atoms with van der Waals surface area (Å²) in [7, 11) is 0. The second kappa shape index (κ2) is 7.00. The van der Waals surface area contributed by atoms with Gasteiger partial charge in [0.1, 0.15) is 5.75 Å². The van der Waals surface area contributed by atoms with E-state index in [0.29, 0.717) is 43.5 Å². The van der Waals surface area contributed by atoms with Gasteiger partial charge in [0, 0.05) is 13.1 Å². The van der Waals surface area contributed by atoms with E-state index in [1.807, 2.05) is 18.2 Å². The number of hydrogen-bond donors (Lipinski definition) is 1. The van der Waals surface area contributed by atoms with Crippen molar-refractivity contribution in [2.24, 2.45) is 5.92 Å². The Morgan fingerprint density at radius 3 is 2.83 bits per heavy atom. The molecule has 6 nitrogen and oxygen atoms in total. The summed E-state index contributed by atoms with van der Waals surface area (Å²) in [6.45, 7) is 1.76. The molecule has 1 aliphatic carbocycles. The van der Waals surface area contributed by atoms with Crippen LogP contribution in [-0.2, 0) is 9.53 Å². The molecule has 1 saturated carbocycles. The van der Waals surface area contributed by atoms with Crippen molar-refractivity contribution in [2.45, 2.75) is 25.4 Å². The summed E-state index contributed by atoms with van der Waals surface area (Å²) in [6, 6.07) is 7.23. The van der Waals surface area contributed by atoms with Crippen LogP contribution in [-0.4, -0.2) is 54.3 Å². The maximum Gasteiger partial charge on any atom is 0.306 e. The van der Waals surface area contributed by atoms with Crippen LogP contribution in [0.3, 0.4) is 0 Å². The fraction of sp³-hybridized carbons (Fsp3) is 0.529. The van der Waals surface area contributed by atoms with Crippen LogP contribution in [0.4, 0.5) is 0 Å². The predicted octanol–water partition coefficient (Wildman–Crippen LogP) is 1.79. The monoisotopic (exact) mass is 319 g/mol. The number of hydrogen-bond acceptors (Lipinski definition) is 4. The Morgan fingerprint density at radius 2 is 2.09 bits per heavy atom. The van der Waals surface area contributed by atoms with E-state index in [9.17, 15) is 9.59 Å². The fourth-order valence-corrected chi connectivity index (χ4v) is 2.65. The molecule has 0 spiro atoms. The van der Waals surface area contributed by atoms with E-state index in [1.165, 1.54) is 12.8 Å². The number of ether oxygens (including phenoxy) is 2.